The maximum absolute atomic E-state index is 11.9. The molecule has 0 aliphatic heterocycles. The SMILES string of the molecule is O=C(CCC(=O)c1cc(Br)cs1)NCCC(=O)NC1CCCCC1. The molecule has 0 spiro atoms. The molecule has 132 valence electrons. The number of halogens is 1. The summed E-state index contributed by atoms with van der Waals surface area (Å²) in [6, 6.07) is 2.06. The molecule has 1 aliphatic rings. The van der Waals surface area contributed by atoms with Gasteiger partial charge in [0.25, 0.3) is 0 Å². The van der Waals surface area contributed by atoms with Crippen LogP contribution >= 0.6 is 27.3 Å². The molecule has 0 unspecified atom stereocenters. The lowest BCUT2D eigenvalue weighted by atomic mass is 9.95. The first-order valence-electron chi connectivity index (χ1n) is 8.38. The lowest BCUT2D eigenvalue weighted by Gasteiger charge is -2.22. The van der Waals surface area contributed by atoms with Crippen molar-refractivity contribution in [1.82, 2.24) is 10.6 Å². The first-order chi connectivity index (χ1) is 11.5. The van der Waals surface area contributed by atoms with Gasteiger partial charge < -0.3 is 10.6 Å². The highest BCUT2D eigenvalue weighted by atomic mass is 79.9. The number of carbonyl (C=O) groups excluding carboxylic acids is 3. The molecule has 0 atom stereocenters. The van der Waals surface area contributed by atoms with E-state index in [0.29, 0.717) is 17.5 Å². The Hall–Kier alpha value is -1.21. The lowest BCUT2D eigenvalue weighted by Crippen LogP contribution is -2.38. The summed E-state index contributed by atoms with van der Waals surface area (Å²) < 4.78 is 0.879. The fraction of sp³-hybridized carbons (Fsp3) is 0.588. The summed E-state index contributed by atoms with van der Waals surface area (Å²) in [6.07, 6.45) is 6.34. The van der Waals surface area contributed by atoms with Gasteiger partial charge in [0.15, 0.2) is 5.78 Å². The average Bonchev–Trinajstić information content (AvgIpc) is 3.00. The quantitative estimate of drug-likeness (QED) is 0.639. The standard InChI is InChI=1S/C17H23BrN2O3S/c18-12-10-15(24-11-12)14(21)6-7-16(22)19-9-8-17(23)20-13-4-2-1-3-5-13/h10-11,13H,1-9H2,(H,19,22)(H,20,23). The summed E-state index contributed by atoms with van der Waals surface area (Å²) in [6.45, 7) is 0.316. The molecule has 0 bridgehead atoms. The Bertz CT molecular complexity index is 582. The van der Waals surface area contributed by atoms with Crippen molar-refractivity contribution >= 4 is 44.9 Å². The Morgan fingerprint density at radius 1 is 1.08 bits per heavy atom. The number of thiophene rings is 1. The predicted molar refractivity (Wildman–Crippen MR) is 98.2 cm³/mol. The van der Waals surface area contributed by atoms with Crippen LogP contribution in [0.1, 0.15) is 61.0 Å². The first kappa shape index (κ1) is 19.1. The number of hydrogen-bond acceptors (Lipinski definition) is 4. The van der Waals surface area contributed by atoms with Crippen LogP contribution in [0.5, 0.6) is 0 Å². The molecule has 7 heteroatoms. The zero-order valence-electron chi connectivity index (χ0n) is 13.6. The fourth-order valence-corrected chi connectivity index (χ4v) is 4.16. The summed E-state index contributed by atoms with van der Waals surface area (Å²) in [5.41, 5.74) is 0. The van der Waals surface area contributed by atoms with Crippen molar-refractivity contribution in [1.29, 1.82) is 0 Å². The van der Waals surface area contributed by atoms with Crippen molar-refractivity contribution in [3.63, 3.8) is 0 Å². The summed E-state index contributed by atoms with van der Waals surface area (Å²) in [4.78, 5) is 36.1. The predicted octanol–water partition coefficient (Wildman–Crippen LogP) is 3.43. The van der Waals surface area contributed by atoms with Crippen LogP contribution in [0.15, 0.2) is 15.9 Å². The van der Waals surface area contributed by atoms with Gasteiger partial charge in [-0.2, -0.15) is 0 Å². The van der Waals surface area contributed by atoms with Gasteiger partial charge in [-0.15, -0.1) is 11.3 Å². The number of Topliss-reactive ketones (excluding diaryl/α,β-unsaturated/α-hetero) is 1. The van der Waals surface area contributed by atoms with E-state index in [4.69, 9.17) is 0 Å². The fourth-order valence-electron chi connectivity index (χ4n) is 2.76. The minimum absolute atomic E-state index is 0.0123. The van der Waals surface area contributed by atoms with Crippen LogP contribution in [0.4, 0.5) is 0 Å². The van der Waals surface area contributed by atoms with Crippen molar-refractivity contribution in [2.45, 2.75) is 57.4 Å². The third-order valence-corrected chi connectivity index (χ3v) is 5.80. The largest absolute Gasteiger partial charge is 0.356 e. The summed E-state index contributed by atoms with van der Waals surface area (Å²) in [5.74, 6) is -0.234. The number of ketones is 1. The van der Waals surface area contributed by atoms with Gasteiger partial charge in [-0.25, -0.2) is 0 Å². The number of carbonyl (C=O) groups is 3. The van der Waals surface area contributed by atoms with E-state index in [1.807, 2.05) is 5.38 Å². The van der Waals surface area contributed by atoms with Crippen LogP contribution in [0.2, 0.25) is 0 Å². The van der Waals surface area contributed by atoms with Gasteiger partial charge in [0, 0.05) is 41.7 Å². The summed E-state index contributed by atoms with van der Waals surface area (Å²) >= 11 is 4.67. The maximum atomic E-state index is 11.9. The molecule has 5 nitrogen and oxygen atoms in total. The molecule has 24 heavy (non-hydrogen) atoms. The highest BCUT2D eigenvalue weighted by Crippen LogP contribution is 2.21. The number of rotatable bonds is 8. The van der Waals surface area contributed by atoms with Crippen LogP contribution in [0.3, 0.4) is 0 Å². The number of amides is 2. The molecule has 2 amide bonds. The monoisotopic (exact) mass is 414 g/mol. The van der Waals surface area contributed by atoms with Crippen LogP contribution in [0, 0.1) is 0 Å². The number of nitrogens with one attached hydrogen (secondary N) is 2. The summed E-state index contributed by atoms with van der Waals surface area (Å²) in [7, 11) is 0. The second-order valence-corrected chi connectivity index (χ2v) is 7.88. The molecular formula is C17H23BrN2O3S. The first-order valence-corrected chi connectivity index (χ1v) is 10.0. The normalized spacial score (nSPS) is 15.0. The van der Waals surface area contributed by atoms with Gasteiger partial charge >= 0.3 is 0 Å². The van der Waals surface area contributed by atoms with E-state index in [1.54, 1.807) is 6.07 Å². The second-order valence-electron chi connectivity index (χ2n) is 6.05. The van der Waals surface area contributed by atoms with Crippen LogP contribution in [-0.4, -0.2) is 30.2 Å². The third-order valence-electron chi connectivity index (χ3n) is 4.07. The Balaban J connectivity index is 1.57. The number of hydrogen-bond donors (Lipinski definition) is 2. The van der Waals surface area contributed by atoms with Crippen LogP contribution in [-0.2, 0) is 9.59 Å². The Morgan fingerprint density at radius 3 is 2.50 bits per heavy atom. The Morgan fingerprint density at radius 2 is 1.83 bits per heavy atom. The van der Waals surface area contributed by atoms with E-state index in [0.717, 1.165) is 17.3 Å². The Labute approximate surface area is 154 Å². The molecule has 2 N–H and O–H groups in total. The van der Waals surface area contributed by atoms with Gasteiger partial charge in [-0.1, -0.05) is 19.3 Å². The minimum atomic E-state index is -0.190. The molecule has 0 aromatic carbocycles. The van der Waals surface area contributed by atoms with Crippen molar-refractivity contribution < 1.29 is 14.4 Å². The van der Waals surface area contributed by atoms with Crippen molar-refractivity contribution in [3.8, 4) is 0 Å². The molecule has 1 fully saturated rings. The molecule has 1 aliphatic carbocycles. The topological polar surface area (TPSA) is 75.3 Å². The van der Waals surface area contributed by atoms with E-state index in [1.165, 1.54) is 30.6 Å². The molecule has 0 saturated heterocycles. The third kappa shape index (κ3) is 6.73. The Kier molecular flexibility index (Phi) is 7.91. The van der Waals surface area contributed by atoms with E-state index in [9.17, 15) is 14.4 Å². The van der Waals surface area contributed by atoms with Crippen LogP contribution in [0.25, 0.3) is 0 Å². The van der Waals surface area contributed by atoms with E-state index >= 15 is 0 Å². The van der Waals surface area contributed by atoms with E-state index < -0.39 is 0 Å². The smallest absolute Gasteiger partial charge is 0.221 e. The zero-order chi connectivity index (χ0) is 17.4. The highest BCUT2D eigenvalue weighted by Gasteiger charge is 2.16. The minimum Gasteiger partial charge on any atom is -0.356 e. The molecule has 1 aromatic heterocycles. The van der Waals surface area contributed by atoms with Gasteiger partial charge in [0.2, 0.25) is 11.8 Å². The zero-order valence-corrected chi connectivity index (χ0v) is 16.0. The van der Waals surface area contributed by atoms with Crippen molar-refractivity contribution in [2.24, 2.45) is 0 Å². The maximum Gasteiger partial charge on any atom is 0.221 e. The van der Waals surface area contributed by atoms with Crippen LogP contribution < -0.4 is 10.6 Å². The molecular weight excluding hydrogens is 392 g/mol. The van der Waals surface area contributed by atoms with Crippen molar-refractivity contribution in [2.75, 3.05) is 6.54 Å². The molecule has 2 rings (SSSR count). The molecule has 0 radical (unpaired) electrons. The molecule has 1 heterocycles. The molecule has 1 aromatic rings. The highest BCUT2D eigenvalue weighted by molar-refractivity contribution is 9.10. The van der Waals surface area contributed by atoms with Gasteiger partial charge in [0.1, 0.15) is 0 Å². The van der Waals surface area contributed by atoms with E-state index in [2.05, 4.69) is 26.6 Å². The van der Waals surface area contributed by atoms with Gasteiger partial charge in [0.05, 0.1) is 4.88 Å². The lowest BCUT2D eigenvalue weighted by molar-refractivity contribution is -0.122. The van der Waals surface area contributed by atoms with E-state index in [-0.39, 0.29) is 36.9 Å². The van der Waals surface area contributed by atoms with Gasteiger partial charge in [-0.3, -0.25) is 14.4 Å². The van der Waals surface area contributed by atoms with Crippen molar-refractivity contribution in [3.05, 3.63) is 20.8 Å². The van der Waals surface area contributed by atoms with Gasteiger partial charge in [-0.05, 0) is 34.8 Å². The average molecular weight is 415 g/mol. The molecule has 1 saturated carbocycles. The summed E-state index contributed by atoms with van der Waals surface area (Å²) in [5, 5.41) is 7.57. The second kappa shape index (κ2) is 9.93.